The van der Waals surface area contributed by atoms with Gasteiger partial charge in [0.05, 0.1) is 0 Å². The van der Waals surface area contributed by atoms with E-state index in [0.717, 1.165) is 17.0 Å². The van der Waals surface area contributed by atoms with Gasteiger partial charge < -0.3 is 9.73 Å². The highest BCUT2D eigenvalue weighted by atomic mass is 32.2. The second-order valence-corrected chi connectivity index (χ2v) is 5.83. The largest absolute Gasteiger partial charge is 0.411 e. The molecule has 0 fully saturated rings. The molecule has 5 nitrogen and oxygen atoms in total. The summed E-state index contributed by atoms with van der Waals surface area (Å²) in [6.45, 7) is 1.47. The van der Waals surface area contributed by atoms with Crippen molar-refractivity contribution in [1.29, 1.82) is 0 Å². The number of thioether (sulfide) groups is 1. The fourth-order valence-electron chi connectivity index (χ4n) is 2.00. The molecule has 0 aliphatic rings. The van der Waals surface area contributed by atoms with Crippen molar-refractivity contribution in [3.8, 4) is 11.5 Å². The van der Waals surface area contributed by atoms with Gasteiger partial charge in [0, 0.05) is 23.9 Å². The fourth-order valence-corrected chi connectivity index (χ4v) is 2.72. The Bertz CT molecular complexity index is 785. The van der Waals surface area contributed by atoms with Gasteiger partial charge in [0.2, 0.25) is 11.8 Å². The molecule has 0 bridgehead atoms. The minimum absolute atomic E-state index is 0.102. The molecule has 2 aromatic carbocycles. The van der Waals surface area contributed by atoms with E-state index in [4.69, 9.17) is 4.42 Å². The zero-order chi connectivity index (χ0) is 16.1. The lowest BCUT2D eigenvalue weighted by Gasteiger charge is -2.01. The van der Waals surface area contributed by atoms with E-state index in [2.05, 4.69) is 27.6 Å². The second-order valence-electron chi connectivity index (χ2n) is 4.91. The molecule has 0 aliphatic carbocycles. The van der Waals surface area contributed by atoms with Gasteiger partial charge in [-0.05, 0) is 29.8 Å². The number of rotatable bonds is 5. The third-order valence-corrected chi connectivity index (χ3v) is 3.95. The molecule has 0 spiro atoms. The van der Waals surface area contributed by atoms with Gasteiger partial charge in [-0.1, -0.05) is 42.1 Å². The van der Waals surface area contributed by atoms with Gasteiger partial charge in [-0.2, -0.15) is 0 Å². The van der Waals surface area contributed by atoms with Crippen LogP contribution in [0.1, 0.15) is 12.5 Å². The molecule has 1 N–H and O–H groups in total. The summed E-state index contributed by atoms with van der Waals surface area (Å²) in [6, 6.07) is 17.4. The molecule has 0 unspecified atom stereocenters. The van der Waals surface area contributed by atoms with Crippen molar-refractivity contribution in [2.45, 2.75) is 17.9 Å². The summed E-state index contributed by atoms with van der Waals surface area (Å²) < 4.78 is 5.67. The molecule has 1 heterocycles. The van der Waals surface area contributed by atoms with E-state index in [0.29, 0.717) is 11.1 Å². The molecule has 1 amide bonds. The fraction of sp³-hybridized carbons (Fsp3) is 0.118. The summed E-state index contributed by atoms with van der Waals surface area (Å²) in [4.78, 5) is 11.0. The van der Waals surface area contributed by atoms with E-state index in [-0.39, 0.29) is 5.91 Å². The van der Waals surface area contributed by atoms with Crippen LogP contribution in [0.5, 0.6) is 0 Å². The van der Waals surface area contributed by atoms with Crippen LogP contribution in [-0.2, 0) is 10.5 Å². The van der Waals surface area contributed by atoms with Crippen molar-refractivity contribution in [1.82, 2.24) is 10.2 Å². The Kier molecular flexibility index (Phi) is 4.73. The van der Waals surface area contributed by atoms with Crippen LogP contribution in [0.4, 0.5) is 5.69 Å². The minimum atomic E-state index is -0.102. The average Bonchev–Trinajstić information content (AvgIpc) is 3.03. The minimum Gasteiger partial charge on any atom is -0.411 e. The molecule has 116 valence electrons. The van der Waals surface area contributed by atoms with Crippen molar-refractivity contribution < 1.29 is 9.21 Å². The SMILES string of the molecule is CC(=O)Nc1ccc(-c2nnc(SCc3ccccc3)o2)cc1. The smallest absolute Gasteiger partial charge is 0.277 e. The van der Waals surface area contributed by atoms with Gasteiger partial charge in [0.1, 0.15) is 0 Å². The first-order valence-electron chi connectivity index (χ1n) is 7.09. The maximum absolute atomic E-state index is 11.0. The Labute approximate surface area is 138 Å². The third kappa shape index (κ3) is 4.20. The van der Waals surface area contributed by atoms with E-state index in [1.54, 1.807) is 12.1 Å². The summed E-state index contributed by atoms with van der Waals surface area (Å²) in [5.74, 6) is 1.15. The molecule has 3 rings (SSSR count). The Hall–Kier alpha value is -2.60. The van der Waals surface area contributed by atoms with Crippen LogP contribution in [0.15, 0.2) is 64.2 Å². The number of carbonyl (C=O) groups is 1. The van der Waals surface area contributed by atoms with Crippen LogP contribution in [0.3, 0.4) is 0 Å². The van der Waals surface area contributed by atoms with E-state index in [1.165, 1.54) is 24.2 Å². The number of carbonyl (C=O) groups excluding carboxylic acids is 1. The molecule has 0 saturated heterocycles. The zero-order valence-electron chi connectivity index (χ0n) is 12.5. The number of hydrogen-bond acceptors (Lipinski definition) is 5. The summed E-state index contributed by atoms with van der Waals surface area (Å²) in [7, 11) is 0. The maximum atomic E-state index is 11.0. The summed E-state index contributed by atoms with van der Waals surface area (Å²) in [5.41, 5.74) is 2.76. The van der Waals surface area contributed by atoms with Crippen molar-refractivity contribution in [3.63, 3.8) is 0 Å². The highest BCUT2D eigenvalue weighted by molar-refractivity contribution is 7.98. The molecule has 0 radical (unpaired) electrons. The topological polar surface area (TPSA) is 68.0 Å². The molecule has 1 aromatic heterocycles. The van der Waals surface area contributed by atoms with Gasteiger partial charge in [0.15, 0.2) is 0 Å². The summed E-state index contributed by atoms with van der Waals surface area (Å²) in [6.07, 6.45) is 0. The van der Waals surface area contributed by atoms with Crippen LogP contribution in [0.2, 0.25) is 0 Å². The Morgan fingerprint density at radius 3 is 2.52 bits per heavy atom. The van der Waals surface area contributed by atoms with Crippen LogP contribution < -0.4 is 5.32 Å². The van der Waals surface area contributed by atoms with E-state index in [1.807, 2.05) is 30.3 Å². The van der Waals surface area contributed by atoms with Crippen molar-refractivity contribution >= 4 is 23.4 Å². The first-order chi connectivity index (χ1) is 11.2. The molecular formula is C17H15N3O2S. The van der Waals surface area contributed by atoms with Crippen molar-refractivity contribution in [2.75, 3.05) is 5.32 Å². The molecule has 0 atom stereocenters. The van der Waals surface area contributed by atoms with Crippen molar-refractivity contribution in [3.05, 3.63) is 60.2 Å². The molecule has 23 heavy (non-hydrogen) atoms. The van der Waals surface area contributed by atoms with E-state index in [9.17, 15) is 4.79 Å². The average molecular weight is 325 g/mol. The normalized spacial score (nSPS) is 10.5. The van der Waals surface area contributed by atoms with Crippen LogP contribution >= 0.6 is 11.8 Å². The first kappa shape index (κ1) is 15.3. The molecule has 3 aromatic rings. The number of hydrogen-bond donors (Lipinski definition) is 1. The Morgan fingerprint density at radius 1 is 1.09 bits per heavy atom. The Morgan fingerprint density at radius 2 is 1.83 bits per heavy atom. The van der Waals surface area contributed by atoms with Gasteiger partial charge in [-0.3, -0.25) is 4.79 Å². The van der Waals surface area contributed by atoms with Gasteiger partial charge >= 0.3 is 0 Å². The third-order valence-electron chi connectivity index (χ3n) is 3.06. The predicted octanol–water partition coefficient (Wildman–Crippen LogP) is 3.99. The monoisotopic (exact) mass is 325 g/mol. The molecule has 0 saturated carbocycles. The van der Waals surface area contributed by atoms with Crippen molar-refractivity contribution in [2.24, 2.45) is 0 Å². The quantitative estimate of drug-likeness (QED) is 0.718. The second kappa shape index (κ2) is 7.11. The maximum Gasteiger partial charge on any atom is 0.277 e. The molecule has 0 aliphatic heterocycles. The summed E-state index contributed by atoms with van der Waals surface area (Å²) in [5, 5.41) is 11.4. The standard InChI is InChI=1S/C17H15N3O2S/c1-12(21)18-15-9-7-14(8-10-15)16-19-20-17(22-16)23-11-13-5-3-2-4-6-13/h2-10H,11H2,1H3,(H,18,21). The summed E-state index contributed by atoms with van der Waals surface area (Å²) >= 11 is 1.50. The predicted molar refractivity (Wildman–Crippen MR) is 90.0 cm³/mol. The highest BCUT2D eigenvalue weighted by Crippen LogP contribution is 2.26. The number of amides is 1. The Balaban J connectivity index is 1.65. The number of nitrogens with zero attached hydrogens (tertiary/aromatic N) is 2. The van der Waals surface area contributed by atoms with E-state index < -0.39 is 0 Å². The highest BCUT2D eigenvalue weighted by Gasteiger charge is 2.09. The van der Waals surface area contributed by atoms with Crippen LogP contribution in [0, 0.1) is 0 Å². The lowest BCUT2D eigenvalue weighted by molar-refractivity contribution is -0.114. The van der Waals surface area contributed by atoms with E-state index >= 15 is 0 Å². The van der Waals surface area contributed by atoms with Crippen LogP contribution in [-0.4, -0.2) is 16.1 Å². The van der Waals surface area contributed by atoms with Crippen LogP contribution in [0.25, 0.3) is 11.5 Å². The van der Waals surface area contributed by atoms with Gasteiger partial charge in [-0.15, -0.1) is 10.2 Å². The van der Waals surface area contributed by atoms with Gasteiger partial charge in [-0.25, -0.2) is 0 Å². The number of anilines is 1. The number of aromatic nitrogens is 2. The molecular weight excluding hydrogens is 310 g/mol. The zero-order valence-corrected chi connectivity index (χ0v) is 13.3. The number of benzene rings is 2. The number of nitrogens with one attached hydrogen (secondary N) is 1. The first-order valence-corrected chi connectivity index (χ1v) is 8.07. The van der Waals surface area contributed by atoms with Gasteiger partial charge in [0.25, 0.3) is 5.22 Å². The lowest BCUT2D eigenvalue weighted by atomic mass is 10.2. The lowest BCUT2D eigenvalue weighted by Crippen LogP contribution is -2.05. The molecule has 6 heteroatoms.